The van der Waals surface area contributed by atoms with Gasteiger partial charge >= 0.3 is 12.3 Å². The molecule has 1 aliphatic carbocycles. The Bertz CT molecular complexity index is 1050. The summed E-state index contributed by atoms with van der Waals surface area (Å²) in [7, 11) is 0. The predicted molar refractivity (Wildman–Crippen MR) is 126 cm³/mol. The maximum absolute atomic E-state index is 13.2. The summed E-state index contributed by atoms with van der Waals surface area (Å²) in [5.41, 5.74) is 0.100. The number of hydrogen-bond acceptors (Lipinski definition) is 5. The van der Waals surface area contributed by atoms with Gasteiger partial charge in [0.25, 0.3) is 5.91 Å². The van der Waals surface area contributed by atoms with E-state index in [1.165, 1.54) is 24.3 Å². The first kappa shape index (κ1) is 26.7. The van der Waals surface area contributed by atoms with Crippen LogP contribution in [0.15, 0.2) is 58.7 Å². The van der Waals surface area contributed by atoms with Gasteiger partial charge in [-0.2, -0.15) is 0 Å². The third kappa shape index (κ3) is 6.84. The minimum absolute atomic E-state index is 0.0130. The summed E-state index contributed by atoms with van der Waals surface area (Å²) in [6, 6.07) is 4.18. The molecule has 1 amide bonds. The molecule has 1 aromatic rings. The maximum atomic E-state index is 13.2. The molecule has 0 spiro atoms. The van der Waals surface area contributed by atoms with Crippen molar-refractivity contribution in [2.45, 2.75) is 58.4 Å². The standard InChI is InChI=1S/C25H28F3NO5S/c1-5-17-12-15-8-11-18(22(30)29-21(23(31)32)24(2,3)4)19(20(15)35-17)33-13-14-6-9-16(10-7-14)34-25(26,27)28/h6-12,15,20-21H,5,13H2,1-4H3,(H,29,30)(H,31,32). The van der Waals surface area contributed by atoms with Crippen molar-refractivity contribution in [3.05, 3.63) is 64.3 Å². The van der Waals surface area contributed by atoms with E-state index >= 15 is 0 Å². The molecule has 1 aromatic carbocycles. The summed E-state index contributed by atoms with van der Waals surface area (Å²) in [5.74, 6) is -1.61. The number of allylic oxidation sites excluding steroid dienone is 3. The third-order valence-electron chi connectivity index (χ3n) is 5.55. The van der Waals surface area contributed by atoms with Gasteiger partial charge in [-0.1, -0.05) is 52.0 Å². The Morgan fingerprint density at radius 3 is 2.37 bits per heavy atom. The number of benzene rings is 1. The number of carboxylic acid groups (broad SMARTS) is 1. The van der Waals surface area contributed by atoms with E-state index in [9.17, 15) is 27.9 Å². The minimum atomic E-state index is -4.78. The summed E-state index contributed by atoms with van der Waals surface area (Å²) in [6.07, 6.45) is 1.70. The quantitative estimate of drug-likeness (QED) is 0.475. The van der Waals surface area contributed by atoms with E-state index in [4.69, 9.17) is 4.74 Å². The Balaban J connectivity index is 1.84. The lowest BCUT2D eigenvalue weighted by molar-refractivity contribution is -0.274. The van der Waals surface area contributed by atoms with E-state index in [1.807, 2.05) is 13.0 Å². The van der Waals surface area contributed by atoms with Crippen LogP contribution in [0.2, 0.25) is 0 Å². The van der Waals surface area contributed by atoms with Crippen LogP contribution in [-0.2, 0) is 20.9 Å². The van der Waals surface area contributed by atoms with Crippen molar-refractivity contribution in [2.75, 3.05) is 0 Å². The molecule has 35 heavy (non-hydrogen) atoms. The Morgan fingerprint density at radius 1 is 1.17 bits per heavy atom. The van der Waals surface area contributed by atoms with Crippen LogP contribution in [0.5, 0.6) is 5.75 Å². The van der Waals surface area contributed by atoms with Gasteiger partial charge in [-0.15, -0.1) is 24.9 Å². The van der Waals surface area contributed by atoms with Gasteiger partial charge in [-0.3, -0.25) is 4.79 Å². The first-order chi connectivity index (χ1) is 16.3. The largest absolute Gasteiger partial charge is 0.573 e. The molecule has 10 heteroatoms. The molecule has 2 aliphatic rings. The average Bonchev–Trinajstić information content (AvgIpc) is 3.18. The Kier molecular flexibility index (Phi) is 7.93. The molecule has 0 aromatic heterocycles. The van der Waals surface area contributed by atoms with Gasteiger partial charge in [-0.25, -0.2) is 4.79 Å². The van der Waals surface area contributed by atoms with Crippen LogP contribution in [0.1, 0.15) is 39.7 Å². The molecule has 190 valence electrons. The summed E-state index contributed by atoms with van der Waals surface area (Å²) in [6.45, 7) is 7.21. The molecule has 0 bridgehead atoms. The van der Waals surface area contributed by atoms with Gasteiger partial charge in [0, 0.05) is 5.92 Å². The summed E-state index contributed by atoms with van der Waals surface area (Å²) in [4.78, 5) is 26.1. The van der Waals surface area contributed by atoms with Crippen LogP contribution < -0.4 is 10.1 Å². The number of carbonyl (C=O) groups excluding carboxylic acids is 1. The van der Waals surface area contributed by atoms with Crippen molar-refractivity contribution in [1.29, 1.82) is 0 Å². The number of alkyl halides is 3. The molecule has 0 fully saturated rings. The van der Waals surface area contributed by atoms with Gasteiger partial charge < -0.3 is 19.9 Å². The van der Waals surface area contributed by atoms with Gasteiger partial charge in [0.1, 0.15) is 24.2 Å². The molecular formula is C25H28F3NO5S. The first-order valence-electron chi connectivity index (χ1n) is 11.1. The topological polar surface area (TPSA) is 84.9 Å². The van der Waals surface area contributed by atoms with Crippen molar-refractivity contribution < 1.29 is 37.3 Å². The Labute approximate surface area is 206 Å². The molecule has 1 aliphatic heterocycles. The SMILES string of the molecule is CCC1=CC2C=CC(C(=O)NC(C(=O)O)C(C)(C)C)=C(OCc3ccc(OC(F)(F)F)cc3)C2S1. The number of halogens is 3. The van der Waals surface area contributed by atoms with E-state index in [-0.39, 0.29) is 29.1 Å². The summed E-state index contributed by atoms with van der Waals surface area (Å²) >= 11 is 1.58. The number of ether oxygens (including phenoxy) is 2. The number of rotatable bonds is 8. The number of amides is 1. The number of nitrogens with one attached hydrogen (secondary N) is 1. The average molecular weight is 512 g/mol. The fraction of sp³-hybridized carbons (Fsp3) is 0.440. The zero-order valence-electron chi connectivity index (χ0n) is 19.8. The number of thioether (sulfide) groups is 1. The second-order valence-corrected chi connectivity index (χ2v) is 10.6. The van der Waals surface area contributed by atoms with E-state index in [0.717, 1.165) is 11.3 Å². The van der Waals surface area contributed by atoms with Crippen LogP contribution in [0, 0.1) is 11.3 Å². The molecule has 2 N–H and O–H groups in total. The lowest BCUT2D eigenvalue weighted by Crippen LogP contribution is -2.49. The molecule has 1 heterocycles. The van der Waals surface area contributed by atoms with Crippen molar-refractivity contribution in [2.24, 2.45) is 11.3 Å². The predicted octanol–water partition coefficient (Wildman–Crippen LogP) is 5.57. The zero-order chi connectivity index (χ0) is 26.0. The summed E-state index contributed by atoms with van der Waals surface area (Å²) in [5, 5.41) is 12.0. The first-order valence-corrected chi connectivity index (χ1v) is 12.0. The molecule has 3 rings (SSSR count). The van der Waals surface area contributed by atoms with E-state index < -0.39 is 29.7 Å². The lowest BCUT2D eigenvalue weighted by Gasteiger charge is -2.30. The van der Waals surface area contributed by atoms with E-state index in [0.29, 0.717) is 11.3 Å². The third-order valence-corrected chi connectivity index (χ3v) is 7.06. The molecule has 0 saturated heterocycles. The molecule has 0 saturated carbocycles. The number of aliphatic carboxylic acids is 1. The lowest BCUT2D eigenvalue weighted by atomic mass is 9.86. The monoisotopic (exact) mass is 511 g/mol. The molecule has 6 nitrogen and oxygen atoms in total. The van der Waals surface area contributed by atoms with E-state index in [2.05, 4.69) is 16.1 Å². The Morgan fingerprint density at radius 2 is 1.83 bits per heavy atom. The zero-order valence-corrected chi connectivity index (χ0v) is 20.6. The van der Waals surface area contributed by atoms with Gasteiger partial charge in [-0.05, 0) is 40.5 Å². The van der Waals surface area contributed by atoms with Crippen molar-refractivity contribution in [3.63, 3.8) is 0 Å². The van der Waals surface area contributed by atoms with Crippen LogP contribution in [0.4, 0.5) is 13.2 Å². The normalized spacial score (nSPS) is 20.7. The second-order valence-electron chi connectivity index (χ2n) is 9.33. The Hall–Kier alpha value is -2.88. The molecule has 3 unspecified atom stereocenters. The number of carboxylic acids is 1. The van der Waals surface area contributed by atoms with Crippen LogP contribution >= 0.6 is 11.8 Å². The van der Waals surface area contributed by atoms with Crippen molar-refractivity contribution in [3.8, 4) is 5.75 Å². The van der Waals surface area contributed by atoms with E-state index in [1.54, 1.807) is 38.6 Å². The highest BCUT2D eigenvalue weighted by atomic mass is 32.2. The minimum Gasteiger partial charge on any atom is -0.491 e. The molecule has 0 radical (unpaired) electrons. The van der Waals surface area contributed by atoms with Gasteiger partial charge in [0.05, 0.1) is 10.8 Å². The van der Waals surface area contributed by atoms with Crippen LogP contribution in [0.25, 0.3) is 0 Å². The highest BCUT2D eigenvalue weighted by Crippen LogP contribution is 2.46. The van der Waals surface area contributed by atoms with Gasteiger partial charge in [0.15, 0.2) is 0 Å². The fourth-order valence-corrected chi connectivity index (χ4v) is 5.12. The second kappa shape index (κ2) is 10.4. The van der Waals surface area contributed by atoms with Crippen molar-refractivity contribution in [1.82, 2.24) is 5.32 Å². The molecule has 3 atom stereocenters. The number of hydrogen-bond donors (Lipinski definition) is 2. The number of fused-ring (bicyclic) bond motifs is 1. The highest BCUT2D eigenvalue weighted by molar-refractivity contribution is 8.04. The summed E-state index contributed by atoms with van der Waals surface area (Å²) < 4.78 is 47.2. The molecular weight excluding hydrogens is 483 g/mol. The highest BCUT2D eigenvalue weighted by Gasteiger charge is 2.39. The number of carbonyl (C=O) groups is 2. The van der Waals surface area contributed by atoms with Crippen molar-refractivity contribution >= 4 is 23.6 Å². The van der Waals surface area contributed by atoms with Crippen LogP contribution in [-0.4, -0.2) is 34.6 Å². The maximum Gasteiger partial charge on any atom is 0.573 e. The van der Waals surface area contributed by atoms with Crippen LogP contribution in [0.3, 0.4) is 0 Å². The van der Waals surface area contributed by atoms with Gasteiger partial charge in [0.2, 0.25) is 0 Å². The fourth-order valence-electron chi connectivity index (χ4n) is 3.77. The smallest absolute Gasteiger partial charge is 0.491 e.